The highest BCUT2D eigenvalue weighted by Crippen LogP contribution is 2.22. The first-order valence-corrected chi connectivity index (χ1v) is 7.88. The first-order valence-electron chi connectivity index (χ1n) is 7.88. The molecule has 0 fully saturated rings. The minimum absolute atomic E-state index is 0.560. The van der Waals surface area contributed by atoms with Gasteiger partial charge in [0.2, 0.25) is 0 Å². The first kappa shape index (κ1) is 15.1. The summed E-state index contributed by atoms with van der Waals surface area (Å²) >= 11 is 0. The fraction of sp³-hybridized carbons (Fsp3) is 0.556. The fourth-order valence-electron chi connectivity index (χ4n) is 2.60. The molecule has 0 saturated carbocycles. The summed E-state index contributed by atoms with van der Waals surface area (Å²) in [7, 11) is 0. The highest BCUT2D eigenvalue weighted by molar-refractivity contribution is 5.84. The Balaban J connectivity index is 2.17. The normalized spacial score (nSPS) is 11.9. The molecule has 0 aliphatic heterocycles. The number of para-hydroxylation sites is 1. The summed E-state index contributed by atoms with van der Waals surface area (Å²) in [6.07, 6.45) is 4.70. The van der Waals surface area contributed by atoms with Gasteiger partial charge in [-0.15, -0.1) is 0 Å². The topological polar surface area (TPSA) is 17.0 Å². The second-order valence-electron chi connectivity index (χ2n) is 6.41. The Hall–Kier alpha value is -1.28. The van der Waals surface area contributed by atoms with Gasteiger partial charge in [0.25, 0.3) is 0 Å². The van der Waals surface area contributed by atoms with Gasteiger partial charge in [-0.05, 0) is 36.9 Å². The van der Waals surface area contributed by atoms with Crippen molar-refractivity contribution in [3.05, 3.63) is 36.0 Å². The maximum atomic E-state index is 3.51. The molecule has 0 saturated heterocycles. The number of aromatic nitrogens is 1. The van der Waals surface area contributed by atoms with Crippen LogP contribution in [0.3, 0.4) is 0 Å². The second-order valence-corrected chi connectivity index (χ2v) is 6.41. The maximum absolute atomic E-state index is 3.51. The highest BCUT2D eigenvalue weighted by Gasteiger charge is 2.08. The Labute approximate surface area is 123 Å². The van der Waals surface area contributed by atoms with Crippen molar-refractivity contribution in [2.24, 2.45) is 5.92 Å². The average Bonchev–Trinajstić information content (AvgIpc) is 2.75. The zero-order chi connectivity index (χ0) is 14.5. The Bertz CT molecular complexity index is 537. The molecule has 0 spiro atoms. The van der Waals surface area contributed by atoms with Gasteiger partial charge in [0.1, 0.15) is 0 Å². The Morgan fingerprint density at radius 1 is 1.10 bits per heavy atom. The van der Waals surface area contributed by atoms with E-state index in [1.165, 1.54) is 22.9 Å². The summed E-state index contributed by atoms with van der Waals surface area (Å²) in [5.41, 5.74) is 2.85. The standard InChI is InChI=1S/C18H28N2/c1-14(2)10-12-20-13-16(9-11-19-15(3)4)17-7-5-6-8-18(17)20/h5-8,13-15,19H,9-12H2,1-4H3. The quantitative estimate of drug-likeness (QED) is 0.798. The molecule has 2 nitrogen and oxygen atoms in total. The van der Waals surface area contributed by atoms with E-state index in [-0.39, 0.29) is 0 Å². The summed E-state index contributed by atoms with van der Waals surface area (Å²) in [4.78, 5) is 0. The van der Waals surface area contributed by atoms with Crippen molar-refractivity contribution in [2.75, 3.05) is 6.54 Å². The van der Waals surface area contributed by atoms with Crippen molar-refractivity contribution in [3.8, 4) is 0 Å². The molecule has 1 N–H and O–H groups in total. The number of rotatable bonds is 7. The van der Waals surface area contributed by atoms with E-state index in [2.05, 4.69) is 68.0 Å². The number of aryl methyl sites for hydroxylation is 1. The molecule has 1 heterocycles. The van der Waals surface area contributed by atoms with Gasteiger partial charge in [0, 0.05) is 29.7 Å². The van der Waals surface area contributed by atoms with Crippen LogP contribution in [0.4, 0.5) is 0 Å². The van der Waals surface area contributed by atoms with Gasteiger partial charge in [0.05, 0.1) is 0 Å². The Morgan fingerprint density at radius 2 is 1.85 bits per heavy atom. The van der Waals surface area contributed by atoms with E-state index in [4.69, 9.17) is 0 Å². The van der Waals surface area contributed by atoms with Crippen LogP contribution in [-0.2, 0) is 13.0 Å². The highest BCUT2D eigenvalue weighted by atomic mass is 15.0. The number of benzene rings is 1. The van der Waals surface area contributed by atoms with Crippen LogP contribution >= 0.6 is 0 Å². The van der Waals surface area contributed by atoms with Gasteiger partial charge in [-0.1, -0.05) is 45.9 Å². The summed E-state index contributed by atoms with van der Waals surface area (Å²) in [6.45, 7) is 11.2. The number of hydrogen-bond acceptors (Lipinski definition) is 1. The molecular weight excluding hydrogens is 244 g/mol. The largest absolute Gasteiger partial charge is 0.347 e. The van der Waals surface area contributed by atoms with Crippen LogP contribution in [0.25, 0.3) is 10.9 Å². The molecule has 1 aromatic heterocycles. The summed E-state index contributed by atoms with van der Waals surface area (Å²) in [5, 5.41) is 4.93. The molecule has 0 unspecified atom stereocenters. The van der Waals surface area contributed by atoms with Crippen molar-refractivity contribution in [1.29, 1.82) is 0 Å². The first-order chi connectivity index (χ1) is 9.58. The molecule has 0 aliphatic carbocycles. The lowest BCUT2D eigenvalue weighted by Gasteiger charge is -2.07. The molecule has 20 heavy (non-hydrogen) atoms. The molecular formula is C18H28N2. The molecule has 0 aliphatic rings. The minimum atomic E-state index is 0.560. The molecule has 0 amide bonds. The van der Waals surface area contributed by atoms with Crippen molar-refractivity contribution in [1.82, 2.24) is 9.88 Å². The van der Waals surface area contributed by atoms with Gasteiger partial charge in [-0.2, -0.15) is 0 Å². The third-order valence-corrected chi connectivity index (χ3v) is 3.77. The number of fused-ring (bicyclic) bond motifs is 1. The van der Waals surface area contributed by atoms with Gasteiger partial charge in [-0.3, -0.25) is 0 Å². The molecule has 0 radical (unpaired) electrons. The molecule has 2 rings (SSSR count). The fourth-order valence-corrected chi connectivity index (χ4v) is 2.60. The maximum Gasteiger partial charge on any atom is 0.0483 e. The zero-order valence-electron chi connectivity index (χ0n) is 13.3. The van der Waals surface area contributed by atoms with Gasteiger partial charge in [-0.25, -0.2) is 0 Å². The van der Waals surface area contributed by atoms with Gasteiger partial charge < -0.3 is 9.88 Å². The Morgan fingerprint density at radius 3 is 2.55 bits per heavy atom. The minimum Gasteiger partial charge on any atom is -0.347 e. The van der Waals surface area contributed by atoms with Crippen LogP contribution in [0.2, 0.25) is 0 Å². The monoisotopic (exact) mass is 272 g/mol. The lowest BCUT2D eigenvalue weighted by Crippen LogP contribution is -2.24. The zero-order valence-corrected chi connectivity index (χ0v) is 13.3. The van der Waals surface area contributed by atoms with Crippen LogP contribution in [-0.4, -0.2) is 17.2 Å². The van der Waals surface area contributed by atoms with Crippen molar-refractivity contribution in [3.63, 3.8) is 0 Å². The summed E-state index contributed by atoms with van der Waals surface area (Å²) in [5.74, 6) is 0.752. The van der Waals surface area contributed by atoms with Gasteiger partial charge in [0.15, 0.2) is 0 Å². The second kappa shape index (κ2) is 6.94. The third kappa shape index (κ3) is 3.86. The van der Waals surface area contributed by atoms with Crippen LogP contribution in [0, 0.1) is 5.92 Å². The van der Waals surface area contributed by atoms with Crippen LogP contribution in [0.5, 0.6) is 0 Å². The molecule has 1 aromatic carbocycles. The smallest absolute Gasteiger partial charge is 0.0483 e. The van der Waals surface area contributed by atoms with Crippen LogP contribution in [0.15, 0.2) is 30.5 Å². The molecule has 2 heteroatoms. The predicted octanol–water partition coefficient (Wildman–Crippen LogP) is 4.23. The molecule has 0 atom stereocenters. The number of hydrogen-bond donors (Lipinski definition) is 1. The molecule has 110 valence electrons. The van der Waals surface area contributed by atoms with E-state index >= 15 is 0 Å². The third-order valence-electron chi connectivity index (χ3n) is 3.77. The van der Waals surface area contributed by atoms with Crippen molar-refractivity contribution < 1.29 is 0 Å². The summed E-state index contributed by atoms with van der Waals surface area (Å²) < 4.78 is 2.43. The van der Waals surface area contributed by atoms with E-state index < -0.39 is 0 Å². The van der Waals surface area contributed by atoms with Crippen molar-refractivity contribution >= 4 is 10.9 Å². The van der Waals surface area contributed by atoms with Gasteiger partial charge >= 0.3 is 0 Å². The average molecular weight is 272 g/mol. The predicted molar refractivity (Wildman–Crippen MR) is 88.2 cm³/mol. The van der Waals surface area contributed by atoms with Crippen LogP contribution < -0.4 is 5.32 Å². The lowest BCUT2D eigenvalue weighted by molar-refractivity contribution is 0.523. The number of nitrogens with zero attached hydrogens (tertiary/aromatic N) is 1. The lowest BCUT2D eigenvalue weighted by atomic mass is 10.1. The van der Waals surface area contributed by atoms with E-state index in [1.54, 1.807) is 0 Å². The number of nitrogens with one attached hydrogen (secondary N) is 1. The van der Waals surface area contributed by atoms with Crippen LogP contribution in [0.1, 0.15) is 39.7 Å². The van der Waals surface area contributed by atoms with E-state index in [0.29, 0.717) is 6.04 Å². The van der Waals surface area contributed by atoms with E-state index in [0.717, 1.165) is 25.4 Å². The Kier molecular flexibility index (Phi) is 5.24. The molecule has 2 aromatic rings. The van der Waals surface area contributed by atoms with Crippen molar-refractivity contribution in [2.45, 2.75) is 53.1 Å². The molecule has 0 bridgehead atoms. The summed E-state index contributed by atoms with van der Waals surface area (Å²) in [6, 6.07) is 9.35. The van der Waals surface area contributed by atoms with E-state index in [1.807, 2.05) is 0 Å². The van der Waals surface area contributed by atoms with E-state index in [9.17, 15) is 0 Å². The SMILES string of the molecule is CC(C)CCn1cc(CCNC(C)C)c2ccccc21.